The van der Waals surface area contributed by atoms with Crippen LogP contribution in [-0.4, -0.2) is 58.0 Å². The Labute approximate surface area is 78.8 Å². The molecule has 5 nitrogen and oxygen atoms in total. The summed E-state index contributed by atoms with van der Waals surface area (Å²) in [7, 11) is 0.683. The molecule has 0 aromatic rings. The maximum atomic E-state index is 11.1. The minimum absolute atomic E-state index is 0.230. The summed E-state index contributed by atoms with van der Waals surface area (Å²) in [4.78, 5) is 5.96. The molecule has 0 aliphatic carbocycles. The molecule has 0 bridgehead atoms. The van der Waals surface area contributed by atoms with Gasteiger partial charge in [0.05, 0.1) is 11.5 Å². The van der Waals surface area contributed by atoms with Crippen LogP contribution in [0, 0.1) is 0 Å². The summed E-state index contributed by atoms with van der Waals surface area (Å²) in [5.74, 6) is 1.22. The van der Waals surface area contributed by atoms with Crippen LogP contribution in [0.2, 0.25) is 0 Å². The summed E-state index contributed by atoms with van der Waals surface area (Å²) in [6, 6.07) is 0. The number of hydrogen-bond acceptors (Lipinski definition) is 3. The van der Waals surface area contributed by atoms with Crippen LogP contribution < -0.4 is 5.32 Å². The van der Waals surface area contributed by atoms with Gasteiger partial charge in [-0.2, -0.15) is 0 Å². The van der Waals surface area contributed by atoms with E-state index in [1.165, 1.54) is 0 Å². The molecule has 1 heterocycles. The molecule has 6 heteroatoms. The van der Waals surface area contributed by atoms with Crippen molar-refractivity contribution in [2.75, 3.05) is 38.7 Å². The van der Waals surface area contributed by atoms with Crippen molar-refractivity contribution in [3.05, 3.63) is 0 Å². The van der Waals surface area contributed by atoms with Crippen LogP contribution in [0.25, 0.3) is 0 Å². The minimum Gasteiger partial charge on any atom is -0.359 e. The zero-order chi connectivity index (χ0) is 9.90. The molecule has 0 unspecified atom stereocenters. The van der Waals surface area contributed by atoms with Gasteiger partial charge in [0, 0.05) is 27.2 Å². The average Bonchev–Trinajstić information content (AvgIpc) is 2.09. The summed E-state index contributed by atoms with van der Waals surface area (Å²) < 4.78 is 22.2. The number of nitrogens with zero attached hydrogens (tertiary/aromatic N) is 2. The van der Waals surface area contributed by atoms with Crippen molar-refractivity contribution in [1.82, 2.24) is 10.2 Å². The lowest BCUT2D eigenvalue weighted by Gasteiger charge is -2.28. The van der Waals surface area contributed by atoms with Gasteiger partial charge in [-0.25, -0.2) is 8.42 Å². The number of hydrogen-bond donors (Lipinski definition) is 1. The highest BCUT2D eigenvalue weighted by Gasteiger charge is 2.22. The van der Waals surface area contributed by atoms with Gasteiger partial charge in [0.1, 0.15) is 0 Å². The molecule has 1 aliphatic rings. The number of nitrogens with one attached hydrogen (secondary N) is 1. The van der Waals surface area contributed by atoms with E-state index in [0.29, 0.717) is 13.1 Å². The fourth-order valence-electron chi connectivity index (χ4n) is 1.34. The van der Waals surface area contributed by atoms with Crippen LogP contribution >= 0.6 is 0 Å². The van der Waals surface area contributed by atoms with E-state index in [2.05, 4.69) is 10.3 Å². The smallest absolute Gasteiger partial charge is 0.193 e. The third kappa shape index (κ3) is 2.58. The third-order valence-electron chi connectivity index (χ3n) is 2.08. The summed E-state index contributed by atoms with van der Waals surface area (Å²) >= 11 is 0. The maximum Gasteiger partial charge on any atom is 0.193 e. The molecule has 0 aromatic carbocycles. The van der Waals surface area contributed by atoms with Crippen molar-refractivity contribution in [3.8, 4) is 0 Å². The number of guanidine groups is 1. The first-order valence-electron chi connectivity index (χ1n) is 4.19. The summed E-state index contributed by atoms with van der Waals surface area (Å²) in [5.41, 5.74) is 0. The van der Waals surface area contributed by atoms with Gasteiger partial charge >= 0.3 is 0 Å². The molecule has 1 saturated heterocycles. The molecule has 1 aliphatic heterocycles. The van der Waals surface area contributed by atoms with Crippen molar-refractivity contribution in [3.63, 3.8) is 0 Å². The van der Waals surface area contributed by atoms with Gasteiger partial charge < -0.3 is 10.2 Å². The van der Waals surface area contributed by atoms with Crippen LogP contribution in [0.3, 0.4) is 0 Å². The van der Waals surface area contributed by atoms with Gasteiger partial charge in [-0.15, -0.1) is 0 Å². The maximum absolute atomic E-state index is 11.1. The van der Waals surface area contributed by atoms with Gasteiger partial charge in [0.2, 0.25) is 0 Å². The summed E-state index contributed by atoms with van der Waals surface area (Å²) in [6.07, 6.45) is 0. The standard InChI is InChI=1S/C7H15N3O2S/c1-8-7(9-2)10-3-5-13(11,12)6-4-10/h3-6H2,1-2H3,(H,8,9). The van der Waals surface area contributed by atoms with E-state index in [1.54, 1.807) is 14.1 Å². The van der Waals surface area contributed by atoms with Crippen LogP contribution in [0.4, 0.5) is 0 Å². The van der Waals surface area contributed by atoms with Gasteiger partial charge in [0.15, 0.2) is 15.8 Å². The Morgan fingerprint density at radius 2 is 1.92 bits per heavy atom. The van der Waals surface area contributed by atoms with E-state index in [9.17, 15) is 8.42 Å². The molecule has 0 radical (unpaired) electrons. The highest BCUT2D eigenvalue weighted by molar-refractivity contribution is 7.91. The lowest BCUT2D eigenvalue weighted by molar-refractivity contribution is 0.430. The first-order valence-corrected chi connectivity index (χ1v) is 6.01. The number of aliphatic imine (C=N–C) groups is 1. The van der Waals surface area contributed by atoms with E-state index in [1.807, 2.05) is 4.90 Å². The molecule has 76 valence electrons. The first kappa shape index (κ1) is 10.3. The SMILES string of the molecule is CN=C(NC)N1CCS(=O)(=O)CC1. The quantitative estimate of drug-likeness (QED) is 0.404. The second-order valence-corrected chi connectivity index (χ2v) is 5.24. The largest absolute Gasteiger partial charge is 0.359 e. The number of sulfone groups is 1. The molecular weight excluding hydrogens is 190 g/mol. The lowest BCUT2D eigenvalue weighted by Crippen LogP contribution is -2.48. The molecule has 0 spiro atoms. The van der Waals surface area contributed by atoms with Crippen LogP contribution in [-0.2, 0) is 9.84 Å². The highest BCUT2D eigenvalue weighted by Crippen LogP contribution is 2.03. The van der Waals surface area contributed by atoms with Crippen LogP contribution in [0.1, 0.15) is 0 Å². The lowest BCUT2D eigenvalue weighted by atomic mass is 10.5. The third-order valence-corrected chi connectivity index (χ3v) is 3.69. The predicted molar refractivity (Wildman–Crippen MR) is 52.6 cm³/mol. The average molecular weight is 205 g/mol. The fourth-order valence-corrected chi connectivity index (χ4v) is 2.54. The minimum atomic E-state index is -2.79. The topological polar surface area (TPSA) is 61.8 Å². The van der Waals surface area contributed by atoms with E-state index in [-0.39, 0.29) is 11.5 Å². The first-order chi connectivity index (χ1) is 6.09. The molecule has 0 aromatic heterocycles. The van der Waals surface area contributed by atoms with Crippen molar-refractivity contribution in [1.29, 1.82) is 0 Å². The van der Waals surface area contributed by atoms with Gasteiger partial charge in [0.25, 0.3) is 0 Å². The molecule has 0 amide bonds. The zero-order valence-corrected chi connectivity index (χ0v) is 8.76. The normalized spacial score (nSPS) is 22.9. The Morgan fingerprint density at radius 3 is 2.31 bits per heavy atom. The van der Waals surface area contributed by atoms with Crippen molar-refractivity contribution >= 4 is 15.8 Å². The molecule has 1 fully saturated rings. The van der Waals surface area contributed by atoms with E-state index in [0.717, 1.165) is 5.96 Å². The van der Waals surface area contributed by atoms with Crippen LogP contribution in [0.5, 0.6) is 0 Å². The summed E-state index contributed by atoms with van der Waals surface area (Å²) in [6.45, 7) is 1.08. The number of rotatable bonds is 0. The molecular formula is C7H15N3O2S. The van der Waals surface area contributed by atoms with Crippen molar-refractivity contribution < 1.29 is 8.42 Å². The van der Waals surface area contributed by atoms with Gasteiger partial charge in [-0.05, 0) is 0 Å². The molecule has 0 atom stereocenters. The molecule has 13 heavy (non-hydrogen) atoms. The Morgan fingerprint density at radius 1 is 1.38 bits per heavy atom. The monoisotopic (exact) mass is 205 g/mol. The molecule has 0 saturated carbocycles. The Kier molecular flexibility index (Phi) is 3.13. The zero-order valence-electron chi connectivity index (χ0n) is 7.95. The Balaban J connectivity index is 2.59. The molecule has 1 rings (SSSR count). The van der Waals surface area contributed by atoms with Gasteiger partial charge in [-0.3, -0.25) is 4.99 Å². The van der Waals surface area contributed by atoms with E-state index < -0.39 is 9.84 Å². The molecule has 1 N–H and O–H groups in total. The van der Waals surface area contributed by atoms with E-state index >= 15 is 0 Å². The van der Waals surface area contributed by atoms with E-state index in [4.69, 9.17) is 0 Å². The second-order valence-electron chi connectivity index (χ2n) is 2.94. The van der Waals surface area contributed by atoms with Gasteiger partial charge in [-0.1, -0.05) is 0 Å². The fraction of sp³-hybridized carbons (Fsp3) is 0.857. The van der Waals surface area contributed by atoms with Crippen LogP contribution in [0.15, 0.2) is 4.99 Å². The highest BCUT2D eigenvalue weighted by atomic mass is 32.2. The Bertz CT molecular complexity index is 283. The predicted octanol–water partition coefficient (Wildman–Crippen LogP) is -1.08. The van der Waals surface area contributed by atoms with Crippen molar-refractivity contribution in [2.45, 2.75) is 0 Å². The summed E-state index contributed by atoms with van der Waals surface area (Å²) in [5, 5.41) is 2.93. The second kappa shape index (κ2) is 3.95. The van der Waals surface area contributed by atoms with Crippen molar-refractivity contribution in [2.24, 2.45) is 4.99 Å². The Hall–Kier alpha value is -0.780.